The van der Waals surface area contributed by atoms with Crippen LogP contribution in [0.5, 0.6) is 5.75 Å². The lowest BCUT2D eigenvalue weighted by molar-refractivity contribution is 0.189. The number of anilines is 2. The first-order valence-electron chi connectivity index (χ1n) is 14.4. The molecule has 7 rings (SSSR count). The molecular formula is C29H33FN8O4S. The first-order chi connectivity index (χ1) is 20.9. The highest BCUT2D eigenvalue weighted by Crippen LogP contribution is 2.28. The van der Waals surface area contributed by atoms with E-state index in [9.17, 15) is 9.35 Å². The van der Waals surface area contributed by atoms with E-state index in [1.165, 1.54) is 10.6 Å². The summed E-state index contributed by atoms with van der Waals surface area (Å²) in [7, 11) is 1.72. The molecule has 5 aromatic rings. The van der Waals surface area contributed by atoms with E-state index < -0.39 is 11.2 Å². The van der Waals surface area contributed by atoms with Gasteiger partial charge in [-0.3, -0.25) is 14.0 Å². The molecule has 0 atom stereocenters. The summed E-state index contributed by atoms with van der Waals surface area (Å²) in [4.78, 5) is 22.2. The molecule has 4 aromatic heterocycles. The minimum absolute atomic E-state index is 0.0160. The number of fused-ring (bicyclic) bond motifs is 3. The molecule has 2 fully saturated rings. The molecule has 14 heteroatoms. The Morgan fingerprint density at radius 2 is 1.93 bits per heavy atom. The summed E-state index contributed by atoms with van der Waals surface area (Å²) < 4.78 is 42.9. The number of nitrogens with two attached hydrogens (primary N) is 1. The topological polar surface area (TPSA) is 135 Å². The number of piperazine rings is 1. The third kappa shape index (κ3) is 5.23. The van der Waals surface area contributed by atoms with Crippen LogP contribution in [-0.2, 0) is 24.8 Å². The SMILES string of the molecule is Cn1c(=O)n(CCN2CCN(c3ccc(O[C@H]4CC[S@+]([O-])CC4)cc3F)CC2)c2nc(N)n3nc(-c4ccco4)cc3c21. The van der Waals surface area contributed by atoms with Crippen LogP contribution < -0.4 is 21.1 Å². The maximum Gasteiger partial charge on any atom is 0.330 e. The summed E-state index contributed by atoms with van der Waals surface area (Å²) in [5.74, 6) is 2.26. The molecule has 226 valence electrons. The number of aryl methyl sites for hydroxylation is 1. The van der Waals surface area contributed by atoms with Gasteiger partial charge in [-0.2, -0.15) is 14.6 Å². The highest BCUT2D eigenvalue weighted by Gasteiger charge is 2.25. The predicted octanol–water partition coefficient (Wildman–Crippen LogP) is 2.48. The van der Waals surface area contributed by atoms with Gasteiger partial charge in [0.05, 0.1) is 17.5 Å². The van der Waals surface area contributed by atoms with Crippen LogP contribution in [0, 0.1) is 5.82 Å². The van der Waals surface area contributed by atoms with Crippen molar-refractivity contribution in [3.05, 3.63) is 59.0 Å². The molecule has 2 aliphatic heterocycles. The van der Waals surface area contributed by atoms with Gasteiger partial charge in [-0.1, -0.05) is 11.2 Å². The van der Waals surface area contributed by atoms with Gasteiger partial charge in [0, 0.05) is 65.2 Å². The van der Waals surface area contributed by atoms with Gasteiger partial charge >= 0.3 is 5.69 Å². The lowest BCUT2D eigenvalue weighted by Crippen LogP contribution is -2.47. The Morgan fingerprint density at radius 1 is 1.14 bits per heavy atom. The number of hydrogen-bond acceptors (Lipinski definition) is 9. The molecule has 2 aliphatic rings. The molecule has 0 aliphatic carbocycles. The van der Waals surface area contributed by atoms with Gasteiger partial charge in [0.2, 0.25) is 5.95 Å². The number of rotatable bonds is 7. The summed E-state index contributed by atoms with van der Waals surface area (Å²) in [6.07, 6.45) is 3.02. The summed E-state index contributed by atoms with van der Waals surface area (Å²) in [5.41, 5.74) is 9.08. The molecule has 1 aromatic carbocycles. The van der Waals surface area contributed by atoms with E-state index in [-0.39, 0.29) is 23.6 Å². The van der Waals surface area contributed by atoms with Crippen LogP contribution in [0.2, 0.25) is 0 Å². The third-order valence-corrected chi connectivity index (χ3v) is 9.78. The van der Waals surface area contributed by atoms with E-state index >= 15 is 4.39 Å². The number of ether oxygens (including phenoxy) is 1. The van der Waals surface area contributed by atoms with Gasteiger partial charge < -0.3 is 24.3 Å². The van der Waals surface area contributed by atoms with Gasteiger partial charge in [0.15, 0.2) is 11.4 Å². The molecule has 2 N–H and O–H groups in total. The van der Waals surface area contributed by atoms with Crippen molar-refractivity contribution in [1.82, 2.24) is 28.6 Å². The Labute approximate surface area is 249 Å². The molecule has 0 unspecified atom stereocenters. The summed E-state index contributed by atoms with van der Waals surface area (Å²) in [6.45, 7) is 3.85. The second-order valence-corrected chi connectivity index (χ2v) is 12.7. The van der Waals surface area contributed by atoms with E-state index in [1.807, 2.05) is 23.1 Å². The molecule has 43 heavy (non-hydrogen) atoms. The maximum absolute atomic E-state index is 15.1. The Balaban J connectivity index is 1.02. The number of hydrogen-bond donors (Lipinski definition) is 1. The predicted molar refractivity (Wildman–Crippen MR) is 162 cm³/mol. The zero-order valence-corrected chi connectivity index (χ0v) is 24.6. The number of imidazole rings is 1. The van der Waals surface area contributed by atoms with Crippen molar-refractivity contribution in [3.63, 3.8) is 0 Å². The Bertz CT molecular complexity index is 1820. The normalized spacial score (nSPS) is 19.9. The first-order valence-corrected chi connectivity index (χ1v) is 15.9. The molecule has 0 amide bonds. The maximum atomic E-state index is 15.1. The summed E-state index contributed by atoms with van der Waals surface area (Å²) in [5, 5.41) is 4.53. The fraction of sp³-hybridized carbons (Fsp3) is 0.414. The molecule has 6 heterocycles. The second kappa shape index (κ2) is 11.2. The number of halogens is 1. The van der Waals surface area contributed by atoms with Crippen molar-refractivity contribution in [1.29, 1.82) is 0 Å². The lowest BCUT2D eigenvalue weighted by atomic mass is 10.2. The zero-order valence-electron chi connectivity index (χ0n) is 23.8. The average molecular weight is 609 g/mol. The van der Waals surface area contributed by atoms with E-state index in [0.717, 1.165) is 25.9 Å². The quantitative estimate of drug-likeness (QED) is 0.277. The first kappa shape index (κ1) is 27.8. The molecule has 0 bridgehead atoms. The minimum atomic E-state index is -0.760. The standard InChI is InChI=1S/C29H33FN8O4S/c1-34-26-24-18-22(25-3-2-14-41-25)33-38(24)28(31)32-27(26)37(29(34)39)13-10-35-8-11-36(12-9-35)23-5-4-20(17-21(23)30)42-19-6-15-43(40)16-7-19/h2-5,14,17-19H,6-13,15-16H2,1H3,(H2,31,32)/t19-,43-. The molecular weight excluding hydrogens is 575 g/mol. The van der Waals surface area contributed by atoms with E-state index in [4.69, 9.17) is 14.9 Å². The second-order valence-electron chi connectivity index (χ2n) is 11.0. The highest BCUT2D eigenvalue weighted by molar-refractivity contribution is 7.91. The van der Waals surface area contributed by atoms with Gasteiger partial charge in [-0.15, -0.1) is 0 Å². The van der Waals surface area contributed by atoms with E-state index in [1.54, 1.807) is 34.6 Å². The number of nitrogens with zero attached hydrogens (tertiary/aromatic N) is 7. The van der Waals surface area contributed by atoms with Gasteiger partial charge in [0.1, 0.15) is 40.4 Å². The average Bonchev–Trinajstić information content (AvgIpc) is 3.74. The van der Waals surface area contributed by atoms with Crippen molar-refractivity contribution in [2.24, 2.45) is 7.05 Å². The fourth-order valence-electron chi connectivity index (χ4n) is 6.03. The third-order valence-electron chi connectivity index (χ3n) is 8.39. The fourth-order valence-corrected chi connectivity index (χ4v) is 7.28. The smallest absolute Gasteiger partial charge is 0.330 e. The molecule has 12 nitrogen and oxygen atoms in total. The molecule has 0 spiro atoms. The van der Waals surface area contributed by atoms with Crippen molar-refractivity contribution in [2.45, 2.75) is 25.5 Å². The van der Waals surface area contributed by atoms with Gasteiger partial charge in [-0.05, 0) is 30.3 Å². The Hall–Kier alpha value is -4.01. The van der Waals surface area contributed by atoms with E-state index in [0.29, 0.717) is 77.3 Å². The van der Waals surface area contributed by atoms with Crippen LogP contribution in [0.3, 0.4) is 0 Å². The van der Waals surface area contributed by atoms with Crippen molar-refractivity contribution in [2.75, 3.05) is 54.9 Å². The summed E-state index contributed by atoms with van der Waals surface area (Å²) in [6, 6.07) is 10.5. The van der Waals surface area contributed by atoms with Crippen LogP contribution in [-0.4, -0.2) is 83.5 Å². The number of benzene rings is 1. The van der Waals surface area contributed by atoms with Crippen LogP contribution in [0.1, 0.15) is 12.8 Å². The van der Waals surface area contributed by atoms with Crippen LogP contribution in [0.15, 0.2) is 51.9 Å². The molecule has 0 saturated carbocycles. The molecule has 2 saturated heterocycles. The largest absolute Gasteiger partial charge is 0.616 e. The van der Waals surface area contributed by atoms with Crippen LogP contribution >= 0.6 is 0 Å². The van der Waals surface area contributed by atoms with Gasteiger partial charge in [0.25, 0.3) is 0 Å². The van der Waals surface area contributed by atoms with Crippen LogP contribution in [0.25, 0.3) is 28.1 Å². The van der Waals surface area contributed by atoms with Crippen molar-refractivity contribution >= 4 is 39.5 Å². The monoisotopic (exact) mass is 608 g/mol. The van der Waals surface area contributed by atoms with Crippen molar-refractivity contribution < 1.29 is 18.1 Å². The summed E-state index contributed by atoms with van der Waals surface area (Å²) >= 11 is -0.760. The number of furan rings is 1. The van der Waals surface area contributed by atoms with Crippen molar-refractivity contribution in [3.8, 4) is 17.2 Å². The number of nitrogen functional groups attached to an aromatic ring is 1. The number of aromatic nitrogens is 5. The van der Waals surface area contributed by atoms with Gasteiger partial charge in [-0.25, -0.2) is 9.18 Å². The lowest BCUT2D eigenvalue weighted by Gasteiger charge is -2.36. The molecule has 0 radical (unpaired) electrons. The highest BCUT2D eigenvalue weighted by atomic mass is 32.2. The Morgan fingerprint density at radius 3 is 2.65 bits per heavy atom. The van der Waals surface area contributed by atoms with Crippen LogP contribution in [0.4, 0.5) is 16.0 Å². The van der Waals surface area contributed by atoms with E-state index in [2.05, 4.69) is 15.0 Å². The Kier molecular flexibility index (Phi) is 7.27. The minimum Gasteiger partial charge on any atom is -0.616 e. The zero-order chi connectivity index (χ0) is 29.7.